The van der Waals surface area contributed by atoms with E-state index < -0.39 is 10.0 Å². The lowest BCUT2D eigenvalue weighted by Gasteiger charge is -2.14. The first-order valence-electron chi connectivity index (χ1n) is 5.39. The molecular weight excluding hydrogens is 226 g/mol. The lowest BCUT2D eigenvalue weighted by atomic mass is 10.2. The molecule has 1 aromatic rings. The molecule has 1 saturated heterocycles. The minimum atomic E-state index is -3.45. The van der Waals surface area contributed by atoms with Crippen LogP contribution in [0.15, 0.2) is 29.2 Å². The molecule has 0 saturated carbocycles. The molecule has 0 N–H and O–H groups in total. The van der Waals surface area contributed by atoms with Crippen LogP contribution in [0.4, 0.5) is 0 Å². The summed E-state index contributed by atoms with van der Waals surface area (Å²) >= 11 is 0. The lowest BCUT2D eigenvalue weighted by Crippen LogP contribution is -2.26. The van der Waals surface area contributed by atoms with Crippen molar-refractivity contribution in [1.82, 2.24) is 4.47 Å². The van der Waals surface area contributed by atoms with Crippen molar-refractivity contribution in [3.05, 3.63) is 29.8 Å². The summed E-state index contributed by atoms with van der Waals surface area (Å²) in [6.45, 7) is 2.96. The van der Waals surface area contributed by atoms with Crippen LogP contribution in [0.25, 0.3) is 0 Å². The molecule has 5 heteroatoms. The Hall–Kier alpha value is -0.910. The third-order valence-electron chi connectivity index (χ3n) is 2.62. The van der Waals surface area contributed by atoms with E-state index in [0.29, 0.717) is 18.0 Å². The van der Waals surface area contributed by atoms with Crippen LogP contribution in [0.2, 0.25) is 0 Å². The summed E-state index contributed by atoms with van der Waals surface area (Å²) in [6.07, 6.45) is 1.66. The molecule has 0 spiro atoms. The van der Waals surface area contributed by atoms with Gasteiger partial charge >= 0.3 is 0 Å². The summed E-state index contributed by atoms with van der Waals surface area (Å²) in [6, 6.07) is 6.94. The maximum absolute atomic E-state index is 12.0. The van der Waals surface area contributed by atoms with E-state index in [2.05, 4.69) is 0 Å². The van der Waals surface area contributed by atoms with Crippen molar-refractivity contribution < 1.29 is 13.3 Å². The van der Waals surface area contributed by atoms with Crippen LogP contribution in [0.5, 0.6) is 0 Å². The van der Waals surface area contributed by atoms with Gasteiger partial charge in [-0.3, -0.25) is 4.84 Å². The molecule has 1 fully saturated rings. The zero-order valence-corrected chi connectivity index (χ0v) is 10.0. The normalized spacial score (nSPS) is 17.8. The Morgan fingerprint density at radius 2 is 2.00 bits per heavy atom. The summed E-state index contributed by atoms with van der Waals surface area (Å²) in [5.74, 6) is 0. The average molecular weight is 241 g/mol. The second kappa shape index (κ2) is 4.53. The molecule has 4 nitrogen and oxygen atoms in total. The second-order valence-electron chi connectivity index (χ2n) is 3.72. The first kappa shape index (κ1) is 11.6. The lowest BCUT2D eigenvalue weighted by molar-refractivity contribution is -0.0284. The van der Waals surface area contributed by atoms with Crippen molar-refractivity contribution in [3.63, 3.8) is 0 Å². The highest BCUT2D eigenvalue weighted by Crippen LogP contribution is 2.20. The van der Waals surface area contributed by atoms with Crippen molar-refractivity contribution in [3.8, 4) is 0 Å². The van der Waals surface area contributed by atoms with Crippen LogP contribution in [-0.2, 0) is 21.3 Å². The van der Waals surface area contributed by atoms with Crippen LogP contribution in [0.1, 0.15) is 18.9 Å². The van der Waals surface area contributed by atoms with E-state index in [1.807, 2.05) is 19.1 Å². The molecule has 0 radical (unpaired) electrons. The summed E-state index contributed by atoms with van der Waals surface area (Å²) in [4.78, 5) is 5.37. The van der Waals surface area contributed by atoms with Gasteiger partial charge in [-0.15, -0.1) is 0 Å². The number of hydrogen-bond acceptors (Lipinski definition) is 3. The Labute approximate surface area is 95.8 Å². The number of rotatable bonds is 3. The van der Waals surface area contributed by atoms with Crippen molar-refractivity contribution in [2.24, 2.45) is 0 Å². The number of benzene rings is 1. The predicted octanol–water partition coefficient (Wildman–Crippen LogP) is 1.58. The summed E-state index contributed by atoms with van der Waals surface area (Å²) in [7, 11) is -3.45. The van der Waals surface area contributed by atoms with Gasteiger partial charge in [0.1, 0.15) is 0 Å². The van der Waals surface area contributed by atoms with E-state index in [0.717, 1.165) is 22.9 Å². The molecule has 1 aliphatic rings. The van der Waals surface area contributed by atoms with Crippen LogP contribution < -0.4 is 0 Å². The third kappa shape index (κ3) is 2.11. The Balaban J connectivity index is 2.28. The van der Waals surface area contributed by atoms with Crippen molar-refractivity contribution in [1.29, 1.82) is 0 Å². The monoisotopic (exact) mass is 241 g/mol. The maximum atomic E-state index is 12.0. The van der Waals surface area contributed by atoms with Crippen molar-refractivity contribution in [2.45, 2.75) is 24.7 Å². The molecule has 16 heavy (non-hydrogen) atoms. The molecule has 0 unspecified atom stereocenters. The van der Waals surface area contributed by atoms with Gasteiger partial charge in [-0.1, -0.05) is 23.5 Å². The Morgan fingerprint density at radius 3 is 2.50 bits per heavy atom. The highest BCUT2D eigenvalue weighted by atomic mass is 32.2. The van der Waals surface area contributed by atoms with E-state index in [1.54, 1.807) is 12.1 Å². The number of aryl methyl sites for hydroxylation is 1. The Kier molecular flexibility index (Phi) is 3.28. The first-order valence-corrected chi connectivity index (χ1v) is 6.83. The molecule has 0 bridgehead atoms. The largest absolute Gasteiger partial charge is 0.284 e. The molecule has 88 valence electrons. The highest BCUT2D eigenvalue weighted by Gasteiger charge is 2.28. The molecule has 0 atom stereocenters. The predicted molar refractivity (Wildman–Crippen MR) is 60.3 cm³/mol. The standard InChI is InChI=1S/C11H15NO3S/c1-2-10-4-6-11(7-5-10)16(13,14)12-8-3-9-15-12/h4-7H,2-3,8-9H2,1H3. The third-order valence-corrected chi connectivity index (χ3v) is 4.31. The van der Waals surface area contributed by atoms with Crippen LogP contribution in [0, 0.1) is 0 Å². The van der Waals surface area contributed by atoms with Crippen LogP contribution >= 0.6 is 0 Å². The van der Waals surface area contributed by atoms with Gasteiger partial charge in [0.15, 0.2) is 0 Å². The molecule has 1 aliphatic heterocycles. The van der Waals surface area contributed by atoms with Gasteiger partial charge in [-0.05, 0) is 30.5 Å². The smallest absolute Gasteiger partial charge is 0.265 e. The van der Waals surface area contributed by atoms with E-state index >= 15 is 0 Å². The van der Waals surface area contributed by atoms with E-state index in [1.165, 1.54) is 0 Å². The Morgan fingerprint density at radius 1 is 1.31 bits per heavy atom. The fraction of sp³-hybridized carbons (Fsp3) is 0.455. The van der Waals surface area contributed by atoms with E-state index in [9.17, 15) is 8.42 Å². The maximum Gasteiger partial charge on any atom is 0.265 e. The Bertz CT molecular complexity index is 447. The van der Waals surface area contributed by atoms with E-state index in [-0.39, 0.29) is 0 Å². The minimum Gasteiger partial charge on any atom is -0.284 e. The molecule has 0 aliphatic carbocycles. The zero-order chi connectivity index (χ0) is 11.6. The van der Waals surface area contributed by atoms with Crippen LogP contribution in [-0.4, -0.2) is 26.0 Å². The van der Waals surface area contributed by atoms with Gasteiger partial charge in [0.25, 0.3) is 10.0 Å². The van der Waals surface area contributed by atoms with Gasteiger partial charge < -0.3 is 0 Å². The van der Waals surface area contributed by atoms with Gasteiger partial charge in [0.2, 0.25) is 0 Å². The highest BCUT2D eigenvalue weighted by molar-refractivity contribution is 7.89. The number of hydrogen-bond donors (Lipinski definition) is 0. The summed E-state index contributed by atoms with van der Waals surface area (Å²) in [5, 5.41) is 0. The van der Waals surface area contributed by atoms with Gasteiger partial charge in [0.05, 0.1) is 11.5 Å². The number of nitrogens with zero attached hydrogens (tertiary/aromatic N) is 1. The summed E-state index contributed by atoms with van der Waals surface area (Å²) in [5.41, 5.74) is 1.13. The molecule has 1 aromatic carbocycles. The topological polar surface area (TPSA) is 46.6 Å². The fourth-order valence-electron chi connectivity index (χ4n) is 1.63. The molecular formula is C11H15NO3S. The fourth-order valence-corrected chi connectivity index (χ4v) is 2.93. The second-order valence-corrected chi connectivity index (χ2v) is 5.54. The zero-order valence-electron chi connectivity index (χ0n) is 9.22. The minimum absolute atomic E-state index is 0.298. The quantitative estimate of drug-likeness (QED) is 0.807. The average Bonchev–Trinajstić information content (AvgIpc) is 2.83. The number of sulfonamides is 1. The van der Waals surface area contributed by atoms with Gasteiger partial charge in [-0.2, -0.15) is 0 Å². The van der Waals surface area contributed by atoms with E-state index in [4.69, 9.17) is 4.84 Å². The number of hydroxylamine groups is 1. The SMILES string of the molecule is CCc1ccc(S(=O)(=O)N2CCCO2)cc1. The molecule has 1 heterocycles. The summed E-state index contributed by atoms with van der Waals surface area (Å²) < 4.78 is 25.1. The van der Waals surface area contributed by atoms with Gasteiger partial charge in [0, 0.05) is 6.54 Å². The van der Waals surface area contributed by atoms with Crippen molar-refractivity contribution >= 4 is 10.0 Å². The first-order chi connectivity index (χ1) is 7.64. The van der Waals surface area contributed by atoms with Crippen LogP contribution in [0.3, 0.4) is 0 Å². The van der Waals surface area contributed by atoms with Gasteiger partial charge in [-0.25, -0.2) is 8.42 Å². The molecule has 0 amide bonds. The molecule has 2 rings (SSSR count). The molecule has 0 aromatic heterocycles. The van der Waals surface area contributed by atoms with Crippen molar-refractivity contribution in [2.75, 3.05) is 13.2 Å².